The van der Waals surface area contributed by atoms with E-state index < -0.39 is 0 Å². The maximum Gasteiger partial charge on any atom is 0.254 e. The summed E-state index contributed by atoms with van der Waals surface area (Å²) in [4.78, 5) is 13.9. The Hall–Kier alpha value is -1.51. The molecule has 1 heterocycles. The molecule has 1 N–H and O–H groups in total. The van der Waals surface area contributed by atoms with Gasteiger partial charge in [0.05, 0.1) is 17.4 Å². The third-order valence-corrected chi connectivity index (χ3v) is 3.02. The van der Waals surface area contributed by atoms with Crippen LogP contribution in [0, 0.1) is 0 Å². The number of aryl methyl sites for hydroxylation is 1. The standard InChI is InChI=1S/C12H16N2O/c1-4-9-6-5-7-10-11(9)14(3)8(2)13-12(10)15/h5-8H,4H2,1-3H3,(H,13,15)/t8-/m1/s1. The van der Waals surface area contributed by atoms with Crippen LogP contribution >= 0.6 is 0 Å². The zero-order valence-electron chi connectivity index (χ0n) is 9.37. The largest absolute Gasteiger partial charge is 0.354 e. The minimum Gasteiger partial charge on any atom is -0.354 e. The number of benzene rings is 1. The van der Waals surface area contributed by atoms with Crippen LogP contribution in [0.2, 0.25) is 0 Å². The first kappa shape index (κ1) is 10.0. The van der Waals surface area contributed by atoms with E-state index in [1.807, 2.05) is 26.1 Å². The molecule has 15 heavy (non-hydrogen) atoms. The summed E-state index contributed by atoms with van der Waals surface area (Å²) in [6.45, 7) is 4.11. The van der Waals surface area contributed by atoms with E-state index >= 15 is 0 Å². The minimum atomic E-state index is 0.0332. The van der Waals surface area contributed by atoms with Crippen molar-refractivity contribution in [2.45, 2.75) is 26.4 Å². The summed E-state index contributed by atoms with van der Waals surface area (Å²) in [5.74, 6) is 0.0332. The molecule has 0 saturated carbocycles. The first-order valence-electron chi connectivity index (χ1n) is 5.30. The van der Waals surface area contributed by atoms with Gasteiger partial charge in [0.25, 0.3) is 5.91 Å². The van der Waals surface area contributed by atoms with E-state index in [4.69, 9.17) is 0 Å². The van der Waals surface area contributed by atoms with Gasteiger partial charge in [-0.1, -0.05) is 19.1 Å². The van der Waals surface area contributed by atoms with Gasteiger partial charge in [-0.2, -0.15) is 0 Å². The average Bonchev–Trinajstić information content (AvgIpc) is 2.25. The van der Waals surface area contributed by atoms with Gasteiger partial charge in [0.2, 0.25) is 0 Å². The number of fused-ring (bicyclic) bond motifs is 1. The molecule has 2 rings (SSSR count). The van der Waals surface area contributed by atoms with Crippen LogP contribution < -0.4 is 10.2 Å². The van der Waals surface area contributed by atoms with E-state index in [1.54, 1.807) is 0 Å². The van der Waals surface area contributed by atoms with E-state index in [0.717, 1.165) is 17.7 Å². The van der Waals surface area contributed by atoms with Crippen molar-refractivity contribution in [3.05, 3.63) is 29.3 Å². The Morgan fingerprint density at radius 3 is 2.87 bits per heavy atom. The van der Waals surface area contributed by atoms with Crippen molar-refractivity contribution in [1.29, 1.82) is 0 Å². The van der Waals surface area contributed by atoms with E-state index in [9.17, 15) is 4.79 Å². The molecule has 3 heteroatoms. The summed E-state index contributed by atoms with van der Waals surface area (Å²) in [5.41, 5.74) is 3.10. The molecule has 1 atom stereocenters. The van der Waals surface area contributed by atoms with E-state index in [2.05, 4.69) is 23.2 Å². The second-order valence-corrected chi connectivity index (χ2v) is 3.93. The third-order valence-electron chi connectivity index (χ3n) is 3.02. The van der Waals surface area contributed by atoms with E-state index in [0.29, 0.717) is 0 Å². The van der Waals surface area contributed by atoms with Gasteiger partial charge in [-0.05, 0) is 25.0 Å². The predicted octanol–water partition coefficient (Wildman–Crippen LogP) is 1.77. The number of carbonyl (C=O) groups is 1. The average molecular weight is 204 g/mol. The molecule has 1 aromatic carbocycles. The van der Waals surface area contributed by atoms with Crippen molar-refractivity contribution in [3.63, 3.8) is 0 Å². The molecule has 0 aliphatic carbocycles. The summed E-state index contributed by atoms with van der Waals surface area (Å²) in [6, 6.07) is 5.91. The summed E-state index contributed by atoms with van der Waals surface area (Å²) >= 11 is 0. The molecule has 0 fully saturated rings. The predicted molar refractivity (Wildman–Crippen MR) is 61.2 cm³/mol. The molecule has 3 nitrogen and oxygen atoms in total. The van der Waals surface area contributed by atoms with Gasteiger partial charge >= 0.3 is 0 Å². The van der Waals surface area contributed by atoms with E-state index in [-0.39, 0.29) is 12.1 Å². The number of para-hydroxylation sites is 1. The molecule has 80 valence electrons. The molecular weight excluding hydrogens is 188 g/mol. The van der Waals surface area contributed by atoms with E-state index in [1.165, 1.54) is 5.56 Å². The monoisotopic (exact) mass is 204 g/mol. The second kappa shape index (κ2) is 3.57. The molecule has 1 aliphatic rings. The number of nitrogens with zero attached hydrogens (tertiary/aromatic N) is 1. The lowest BCUT2D eigenvalue weighted by Crippen LogP contribution is -2.49. The van der Waals surface area contributed by atoms with Crippen LogP contribution in [-0.2, 0) is 6.42 Å². The molecule has 1 amide bonds. The maximum atomic E-state index is 11.8. The number of nitrogens with one attached hydrogen (secondary N) is 1. The fraction of sp³-hybridized carbons (Fsp3) is 0.417. The molecule has 0 saturated heterocycles. The van der Waals surface area contributed by atoms with Crippen LogP contribution in [0.5, 0.6) is 0 Å². The minimum absolute atomic E-state index is 0.0332. The smallest absolute Gasteiger partial charge is 0.254 e. The fourth-order valence-electron chi connectivity index (χ4n) is 2.03. The zero-order valence-corrected chi connectivity index (χ0v) is 9.37. The van der Waals surface area contributed by atoms with Crippen molar-refractivity contribution in [3.8, 4) is 0 Å². The number of rotatable bonds is 1. The van der Waals surface area contributed by atoms with Crippen LogP contribution in [0.1, 0.15) is 29.8 Å². The SMILES string of the molecule is CCc1cccc2c1N(C)[C@H](C)NC2=O. The molecule has 0 bridgehead atoms. The van der Waals surface area contributed by atoms with Crippen LogP contribution in [0.3, 0.4) is 0 Å². The Bertz CT molecular complexity index is 401. The third kappa shape index (κ3) is 1.48. The van der Waals surface area contributed by atoms with Gasteiger partial charge in [-0.15, -0.1) is 0 Å². The Morgan fingerprint density at radius 2 is 2.20 bits per heavy atom. The molecule has 1 aromatic rings. The van der Waals surface area contributed by atoms with Crippen LogP contribution in [-0.4, -0.2) is 19.1 Å². The Morgan fingerprint density at radius 1 is 1.47 bits per heavy atom. The van der Waals surface area contributed by atoms with Gasteiger partial charge in [0.1, 0.15) is 0 Å². The topological polar surface area (TPSA) is 32.3 Å². The molecular formula is C12H16N2O. The highest BCUT2D eigenvalue weighted by molar-refractivity contribution is 6.02. The zero-order chi connectivity index (χ0) is 11.0. The van der Waals surface area contributed by atoms with Gasteiger partial charge in [-0.25, -0.2) is 0 Å². The number of hydrogen-bond acceptors (Lipinski definition) is 2. The highest BCUT2D eigenvalue weighted by Crippen LogP contribution is 2.29. The lowest BCUT2D eigenvalue weighted by atomic mass is 10.0. The molecule has 1 aliphatic heterocycles. The quantitative estimate of drug-likeness (QED) is 0.756. The lowest BCUT2D eigenvalue weighted by molar-refractivity contribution is 0.0932. The number of carbonyl (C=O) groups excluding carboxylic acids is 1. The summed E-state index contributed by atoms with van der Waals surface area (Å²) in [6.07, 6.45) is 1.02. The molecule has 0 radical (unpaired) electrons. The Balaban J connectivity index is 2.60. The molecule has 0 spiro atoms. The second-order valence-electron chi connectivity index (χ2n) is 3.93. The van der Waals surface area contributed by atoms with Gasteiger partial charge in [-0.3, -0.25) is 4.79 Å². The van der Waals surface area contributed by atoms with Crippen molar-refractivity contribution >= 4 is 11.6 Å². The van der Waals surface area contributed by atoms with Crippen molar-refractivity contribution in [1.82, 2.24) is 5.32 Å². The van der Waals surface area contributed by atoms with Crippen LogP contribution in [0.4, 0.5) is 5.69 Å². The van der Waals surface area contributed by atoms with Gasteiger partial charge in [0.15, 0.2) is 0 Å². The van der Waals surface area contributed by atoms with Gasteiger partial charge in [0, 0.05) is 7.05 Å². The van der Waals surface area contributed by atoms with Crippen LogP contribution in [0.15, 0.2) is 18.2 Å². The lowest BCUT2D eigenvalue weighted by Gasteiger charge is -2.35. The Labute approximate surface area is 90.1 Å². The molecule has 0 unspecified atom stereocenters. The summed E-state index contributed by atoms with van der Waals surface area (Å²) < 4.78 is 0. The van der Waals surface area contributed by atoms with Crippen molar-refractivity contribution < 1.29 is 4.79 Å². The first-order valence-corrected chi connectivity index (χ1v) is 5.30. The highest BCUT2D eigenvalue weighted by atomic mass is 16.2. The first-order chi connectivity index (χ1) is 7.15. The highest BCUT2D eigenvalue weighted by Gasteiger charge is 2.26. The summed E-state index contributed by atoms with van der Waals surface area (Å²) in [7, 11) is 2.02. The summed E-state index contributed by atoms with van der Waals surface area (Å²) in [5, 5.41) is 2.92. The van der Waals surface area contributed by atoms with Crippen molar-refractivity contribution in [2.24, 2.45) is 0 Å². The fourth-order valence-corrected chi connectivity index (χ4v) is 2.03. The number of anilines is 1. The number of amides is 1. The van der Waals surface area contributed by atoms with Gasteiger partial charge < -0.3 is 10.2 Å². The maximum absolute atomic E-state index is 11.8. The normalized spacial score (nSPS) is 19.8. The Kier molecular flexibility index (Phi) is 2.39. The van der Waals surface area contributed by atoms with Crippen molar-refractivity contribution in [2.75, 3.05) is 11.9 Å². The number of hydrogen-bond donors (Lipinski definition) is 1. The van der Waals surface area contributed by atoms with Crippen LogP contribution in [0.25, 0.3) is 0 Å². The molecule has 0 aromatic heterocycles.